The highest BCUT2D eigenvalue weighted by molar-refractivity contribution is 5.27. The molecule has 0 atom stereocenters. The van der Waals surface area contributed by atoms with Gasteiger partial charge in [0.05, 0.1) is 6.61 Å². The van der Waals surface area contributed by atoms with E-state index in [4.69, 9.17) is 4.74 Å². The van der Waals surface area contributed by atoms with E-state index in [9.17, 15) is 0 Å². The van der Waals surface area contributed by atoms with E-state index < -0.39 is 0 Å². The summed E-state index contributed by atoms with van der Waals surface area (Å²) in [6.07, 6.45) is 7.93. The van der Waals surface area contributed by atoms with Crippen molar-refractivity contribution in [3.63, 3.8) is 0 Å². The van der Waals surface area contributed by atoms with E-state index in [0.717, 1.165) is 38.0 Å². The molecule has 0 N–H and O–H groups in total. The first-order valence-corrected chi connectivity index (χ1v) is 7.54. The molecule has 0 bridgehead atoms. The quantitative estimate of drug-likeness (QED) is 0.471. The van der Waals surface area contributed by atoms with Gasteiger partial charge >= 0.3 is 0 Å². The maximum Gasteiger partial charge on any atom is 0.119 e. The van der Waals surface area contributed by atoms with Crippen molar-refractivity contribution in [3.8, 4) is 17.6 Å². The minimum absolute atomic E-state index is 0.835. The van der Waals surface area contributed by atoms with Crippen LogP contribution >= 0.6 is 0 Å². The number of unbranched alkanes of at least 4 members (excludes halogenated alkanes) is 3. The SMILES string of the molecule is CCC#CCCc1ccc(OCCCCCC)cc1. The smallest absolute Gasteiger partial charge is 0.119 e. The summed E-state index contributed by atoms with van der Waals surface area (Å²) in [6, 6.07) is 8.44. The highest BCUT2D eigenvalue weighted by atomic mass is 16.5. The summed E-state index contributed by atoms with van der Waals surface area (Å²) in [5.74, 6) is 7.26. The van der Waals surface area contributed by atoms with E-state index in [1.807, 2.05) is 0 Å². The van der Waals surface area contributed by atoms with Crippen LogP contribution in [0.2, 0.25) is 0 Å². The van der Waals surface area contributed by atoms with Crippen molar-refractivity contribution < 1.29 is 4.74 Å². The molecule has 1 aromatic rings. The Morgan fingerprint density at radius 2 is 1.74 bits per heavy atom. The molecule has 1 rings (SSSR count). The molecule has 104 valence electrons. The summed E-state index contributed by atoms with van der Waals surface area (Å²) in [4.78, 5) is 0. The van der Waals surface area contributed by atoms with Crippen molar-refractivity contribution in [1.82, 2.24) is 0 Å². The number of benzene rings is 1. The highest BCUT2D eigenvalue weighted by Gasteiger charge is 1.95. The first kappa shape index (κ1) is 15.6. The number of hydrogen-bond acceptors (Lipinski definition) is 1. The van der Waals surface area contributed by atoms with Gasteiger partial charge in [0, 0.05) is 12.8 Å². The standard InChI is InChI=1S/C18H26O/c1-3-5-7-9-11-17-12-14-18(15-13-17)19-16-10-8-6-4-2/h12-15H,3-4,6,8-11,16H2,1-2H3. The fraction of sp³-hybridized carbons (Fsp3) is 0.556. The second-order valence-corrected chi connectivity index (χ2v) is 4.76. The maximum atomic E-state index is 5.72. The number of hydrogen-bond donors (Lipinski definition) is 0. The molecule has 0 saturated heterocycles. The molecule has 0 unspecified atom stereocenters. The van der Waals surface area contributed by atoms with Crippen molar-refractivity contribution >= 4 is 0 Å². The molecule has 0 amide bonds. The monoisotopic (exact) mass is 258 g/mol. The van der Waals surface area contributed by atoms with Crippen LogP contribution in [-0.2, 0) is 6.42 Å². The molecule has 0 aliphatic rings. The van der Waals surface area contributed by atoms with Gasteiger partial charge in [0.1, 0.15) is 5.75 Å². The van der Waals surface area contributed by atoms with E-state index in [1.165, 1.54) is 24.8 Å². The molecule has 0 aromatic heterocycles. The number of rotatable bonds is 8. The third-order valence-corrected chi connectivity index (χ3v) is 3.03. The molecule has 0 heterocycles. The Hall–Kier alpha value is -1.42. The van der Waals surface area contributed by atoms with Crippen molar-refractivity contribution in [2.75, 3.05) is 6.61 Å². The first-order chi connectivity index (χ1) is 9.36. The summed E-state index contributed by atoms with van der Waals surface area (Å²) in [6.45, 7) is 5.14. The normalized spacial score (nSPS) is 9.79. The van der Waals surface area contributed by atoms with Gasteiger partial charge in [-0.25, -0.2) is 0 Å². The van der Waals surface area contributed by atoms with Gasteiger partial charge in [-0.15, -0.1) is 11.8 Å². The third-order valence-electron chi connectivity index (χ3n) is 3.03. The van der Waals surface area contributed by atoms with Crippen LogP contribution in [0, 0.1) is 11.8 Å². The third kappa shape index (κ3) is 7.57. The number of aryl methyl sites for hydroxylation is 1. The Morgan fingerprint density at radius 3 is 2.42 bits per heavy atom. The second-order valence-electron chi connectivity index (χ2n) is 4.76. The average Bonchev–Trinajstić information content (AvgIpc) is 2.45. The van der Waals surface area contributed by atoms with Crippen LogP contribution in [0.25, 0.3) is 0 Å². The van der Waals surface area contributed by atoms with E-state index >= 15 is 0 Å². The molecule has 1 nitrogen and oxygen atoms in total. The predicted octanol–water partition coefficient (Wildman–Crippen LogP) is 4.99. The van der Waals surface area contributed by atoms with E-state index in [1.54, 1.807) is 0 Å². The van der Waals surface area contributed by atoms with E-state index in [-0.39, 0.29) is 0 Å². The molecule has 0 spiro atoms. The largest absolute Gasteiger partial charge is 0.494 e. The van der Waals surface area contributed by atoms with Crippen molar-refractivity contribution in [2.45, 2.75) is 58.8 Å². The van der Waals surface area contributed by atoms with Crippen LogP contribution in [0.3, 0.4) is 0 Å². The minimum atomic E-state index is 0.835. The Labute approximate surface area is 118 Å². The van der Waals surface area contributed by atoms with Gasteiger partial charge in [-0.3, -0.25) is 0 Å². The lowest BCUT2D eigenvalue weighted by Crippen LogP contribution is -1.97. The zero-order valence-corrected chi connectivity index (χ0v) is 12.4. The summed E-state index contributed by atoms with van der Waals surface area (Å²) in [5.41, 5.74) is 1.34. The van der Waals surface area contributed by atoms with Gasteiger partial charge in [0.2, 0.25) is 0 Å². The van der Waals surface area contributed by atoms with Crippen LogP contribution in [0.4, 0.5) is 0 Å². The molecule has 1 heteroatoms. The Morgan fingerprint density at radius 1 is 0.947 bits per heavy atom. The zero-order valence-electron chi connectivity index (χ0n) is 12.4. The van der Waals surface area contributed by atoms with Gasteiger partial charge in [-0.1, -0.05) is 45.2 Å². The maximum absolute atomic E-state index is 5.72. The summed E-state index contributed by atoms with van der Waals surface area (Å²) in [5, 5.41) is 0. The second kappa shape index (κ2) is 10.5. The molecule has 0 aliphatic carbocycles. The summed E-state index contributed by atoms with van der Waals surface area (Å²) in [7, 11) is 0. The van der Waals surface area contributed by atoms with Crippen molar-refractivity contribution in [2.24, 2.45) is 0 Å². The first-order valence-electron chi connectivity index (χ1n) is 7.54. The van der Waals surface area contributed by atoms with Crippen molar-refractivity contribution in [1.29, 1.82) is 0 Å². The van der Waals surface area contributed by atoms with Gasteiger partial charge in [-0.2, -0.15) is 0 Å². The lowest BCUT2D eigenvalue weighted by Gasteiger charge is -2.06. The van der Waals surface area contributed by atoms with Crippen LogP contribution in [0.15, 0.2) is 24.3 Å². The Balaban J connectivity index is 2.23. The summed E-state index contributed by atoms with van der Waals surface area (Å²) >= 11 is 0. The van der Waals surface area contributed by atoms with Gasteiger partial charge in [0.15, 0.2) is 0 Å². The van der Waals surface area contributed by atoms with E-state index in [0.29, 0.717) is 0 Å². The summed E-state index contributed by atoms with van der Waals surface area (Å²) < 4.78 is 5.72. The molecule has 0 fully saturated rings. The Kier molecular flexibility index (Phi) is 8.64. The molecule has 19 heavy (non-hydrogen) atoms. The molecule has 0 saturated carbocycles. The van der Waals surface area contributed by atoms with Crippen molar-refractivity contribution in [3.05, 3.63) is 29.8 Å². The molecule has 0 radical (unpaired) electrons. The van der Waals surface area contributed by atoms with Crippen LogP contribution < -0.4 is 4.74 Å². The van der Waals surface area contributed by atoms with Gasteiger partial charge in [0.25, 0.3) is 0 Å². The predicted molar refractivity (Wildman–Crippen MR) is 82.5 cm³/mol. The highest BCUT2D eigenvalue weighted by Crippen LogP contribution is 2.14. The topological polar surface area (TPSA) is 9.23 Å². The zero-order chi connectivity index (χ0) is 13.8. The van der Waals surface area contributed by atoms with Crippen LogP contribution in [-0.4, -0.2) is 6.61 Å². The van der Waals surface area contributed by atoms with Gasteiger partial charge in [-0.05, 0) is 30.5 Å². The Bertz CT molecular complexity index is 380. The number of ether oxygens (including phenoxy) is 1. The fourth-order valence-corrected chi connectivity index (χ4v) is 1.89. The average molecular weight is 258 g/mol. The lowest BCUT2D eigenvalue weighted by molar-refractivity contribution is 0.305. The van der Waals surface area contributed by atoms with E-state index in [2.05, 4.69) is 50.0 Å². The minimum Gasteiger partial charge on any atom is -0.494 e. The molecular formula is C18H26O. The molecular weight excluding hydrogens is 232 g/mol. The van der Waals surface area contributed by atoms with Crippen LogP contribution in [0.1, 0.15) is 57.9 Å². The molecule has 1 aromatic carbocycles. The van der Waals surface area contributed by atoms with Gasteiger partial charge < -0.3 is 4.74 Å². The molecule has 0 aliphatic heterocycles. The fourth-order valence-electron chi connectivity index (χ4n) is 1.89. The lowest BCUT2D eigenvalue weighted by atomic mass is 10.1. The van der Waals surface area contributed by atoms with Crippen LogP contribution in [0.5, 0.6) is 5.75 Å².